The van der Waals surface area contributed by atoms with Crippen LogP contribution in [0.4, 0.5) is 11.4 Å². The number of carbonyl (C=O) groups is 2. The first-order valence-electron chi connectivity index (χ1n) is 10.2. The summed E-state index contributed by atoms with van der Waals surface area (Å²) in [6, 6.07) is 20.1. The first-order chi connectivity index (χ1) is 15.4. The van der Waals surface area contributed by atoms with Crippen molar-refractivity contribution in [1.82, 2.24) is 0 Å². The number of hydrogen-bond acceptors (Lipinski definition) is 5. The quantitative estimate of drug-likeness (QED) is 0.576. The molecule has 3 aromatic carbocycles. The smallest absolute Gasteiger partial charge is 0.282 e. The number of ether oxygens (including phenoxy) is 2. The van der Waals surface area contributed by atoms with Gasteiger partial charge in [0.05, 0.1) is 25.5 Å². The highest BCUT2D eigenvalue weighted by molar-refractivity contribution is 6.46. The van der Waals surface area contributed by atoms with Crippen LogP contribution < -0.4 is 19.7 Å². The lowest BCUT2D eigenvalue weighted by Gasteiger charge is -2.18. The van der Waals surface area contributed by atoms with Crippen LogP contribution in [0.3, 0.4) is 0 Å². The van der Waals surface area contributed by atoms with Gasteiger partial charge in [-0.05, 0) is 31.0 Å². The van der Waals surface area contributed by atoms with E-state index in [1.165, 1.54) is 14.2 Å². The van der Waals surface area contributed by atoms with Crippen LogP contribution in [0.15, 0.2) is 72.4 Å². The number of rotatable bonds is 6. The third-order valence-electron chi connectivity index (χ3n) is 5.38. The molecule has 0 atom stereocenters. The first kappa shape index (κ1) is 21.2. The van der Waals surface area contributed by atoms with E-state index in [1.54, 1.807) is 18.2 Å². The molecule has 6 nitrogen and oxygen atoms in total. The second-order valence-corrected chi connectivity index (χ2v) is 7.58. The molecule has 6 heteroatoms. The van der Waals surface area contributed by atoms with Crippen molar-refractivity contribution < 1.29 is 19.1 Å². The van der Waals surface area contributed by atoms with E-state index in [9.17, 15) is 9.59 Å². The monoisotopic (exact) mass is 428 g/mol. The third-order valence-corrected chi connectivity index (χ3v) is 5.38. The van der Waals surface area contributed by atoms with Gasteiger partial charge in [-0.15, -0.1) is 0 Å². The maximum absolute atomic E-state index is 13.6. The van der Waals surface area contributed by atoms with E-state index < -0.39 is 11.8 Å². The van der Waals surface area contributed by atoms with Crippen LogP contribution in [-0.4, -0.2) is 26.0 Å². The zero-order chi connectivity index (χ0) is 22.8. The van der Waals surface area contributed by atoms with Crippen LogP contribution in [0, 0.1) is 13.8 Å². The molecule has 4 rings (SSSR count). The van der Waals surface area contributed by atoms with Gasteiger partial charge in [0.25, 0.3) is 11.8 Å². The summed E-state index contributed by atoms with van der Waals surface area (Å²) in [7, 11) is 3.04. The molecule has 32 heavy (non-hydrogen) atoms. The number of hydrogen-bond donors (Lipinski definition) is 1. The fourth-order valence-electron chi connectivity index (χ4n) is 3.76. The van der Waals surface area contributed by atoms with E-state index in [-0.39, 0.29) is 5.70 Å². The van der Waals surface area contributed by atoms with Crippen LogP contribution in [0.5, 0.6) is 11.5 Å². The molecule has 0 aromatic heterocycles. The summed E-state index contributed by atoms with van der Waals surface area (Å²) in [6.45, 7) is 3.97. The average molecular weight is 428 g/mol. The summed E-state index contributed by atoms with van der Waals surface area (Å²) in [6.07, 6.45) is 0. The molecule has 162 valence electrons. The topological polar surface area (TPSA) is 67.9 Å². The average Bonchev–Trinajstić information content (AvgIpc) is 3.05. The maximum atomic E-state index is 13.6. The molecular formula is C26H24N2O4. The Morgan fingerprint density at radius 2 is 1.44 bits per heavy atom. The molecule has 3 aromatic rings. The lowest BCUT2D eigenvalue weighted by molar-refractivity contribution is -0.120. The van der Waals surface area contributed by atoms with Crippen LogP contribution >= 0.6 is 0 Å². The predicted octanol–water partition coefficient (Wildman–Crippen LogP) is 4.72. The van der Waals surface area contributed by atoms with Gasteiger partial charge in [-0.1, -0.05) is 48.0 Å². The van der Waals surface area contributed by atoms with Gasteiger partial charge in [0.2, 0.25) is 0 Å². The standard InChI is InChI=1S/C26H24N2O4/c1-16-10-11-22(17(2)12-16)27-24-23(18-8-6-5-7-9-18)25(29)28(26(24)30)19-13-20(31-3)15-21(14-19)32-4/h5-15,27H,1-4H3. The van der Waals surface area contributed by atoms with Crippen molar-refractivity contribution in [2.24, 2.45) is 0 Å². The Hall–Kier alpha value is -4.06. The maximum Gasteiger partial charge on any atom is 0.282 e. The molecule has 2 amide bonds. The van der Waals surface area contributed by atoms with Crippen LogP contribution in [0.2, 0.25) is 0 Å². The van der Waals surface area contributed by atoms with Crippen molar-refractivity contribution in [1.29, 1.82) is 0 Å². The summed E-state index contributed by atoms with van der Waals surface area (Å²) >= 11 is 0. The molecule has 1 aliphatic heterocycles. The molecule has 0 saturated carbocycles. The Labute approximate surface area is 187 Å². The third kappa shape index (κ3) is 3.83. The number of nitrogens with zero attached hydrogens (tertiary/aromatic N) is 1. The van der Waals surface area contributed by atoms with E-state index >= 15 is 0 Å². The van der Waals surface area contributed by atoms with E-state index in [4.69, 9.17) is 9.47 Å². The van der Waals surface area contributed by atoms with Crippen LogP contribution in [0.25, 0.3) is 5.57 Å². The number of nitrogens with one attached hydrogen (secondary N) is 1. The summed E-state index contributed by atoms with van der Waals surface area (Å²) in [4.78, 5) is 28.3. The Morgan fingerprint density at radius 1 is 0.781 bits per heavy atom. The summed E-state index contributed by atoms with van der Waals surface area (Å²) < 4.78 is 10.7. The van der Waals surface area contributed by atoms with Crippen LogP contribution in [-0.2, 0) is 9.59 Å². The van der Waals surface area contributed by atoms with Crippen molar-refractivity contribution in [2.45, 2.75) is 13.8 Å². The summed E-state index contributed by atoms with van der Waals surface area (Å²) in [5, 5.41) is 3.23. The zero-order valence-corrected chi connectivity index (χ0v) is 18.4. The Morgan fingerprint density at radius 3 is 2.03 bits per heavy atom. The molecule has 0 bridgehead atoms. The molecule has 1 N–H and O–H groups in total. The van der Waals surface area contributed by atoms with Gasteiger partial charge in [0, 0.05) is 23.9 Å². The molecule has 0 spiro atoms. The van der Waals surface area contributed by atoms with Gasteiger partial charge < -0.3 is 14.8 Å². The predicted molar refractivity (Wildman–Crippen MR) is 125 cm³/mol. The largest absolute Gasteiger partial charge is 0.497 e. The zero-order valence-electron chi connectivity index (χ0n) is 18.4. The highest BCUT2D eigenvalue weighted by atomic mass is 16.5. The van der Waals surface area contributed by atoms with Crippen molar-refractivity contribution in [3.8, 4) is 11.5 Å². The Bertz CT molecular complexity index is 1210. The molecule has 0 aliphatic carbocycles. The number of anilines is 2. The van der Waals surface area contributed by atoms with E-state index in [1.807, 2.05) is 62.4 Å². The number of imide groups is 1. The highest BCUT2D eigenvalue weighted by Crippen LogP contribution is 2.37. The molecular weight excluding hydrogens is 404 g/mol. The number of methoxy groups -OCH3 is 2. The van der Waals surface area contributed by atoms with Gasteiger partial charge in [-0.3, -0.25) is 9.59 Å². The van der Waals surface area contributed by atoms with Gasteiger partial charge in [0.15, 0.2) is 0 Å². The molecule has 0 unspecified atom stereocenters. The second kappa shape index (κ2) is 8.59. The lowest BCUT2D eigenvalue weighted by Crippen LogP contribution is -2.32. The van der Waals surface area contributed by atoms with Gasteiger partial charge in [-0.25, -0.2) is 4.90 Å². The van der Waals surface area contributed by atoms with E-state index in [2.05, 4.69) is 5.32 Å². The van der Waals surface area contributed by atoms with Crippen molar-refractivity contribution in [3.63, 3.8) is 0 Å². The van der Waals surface area contributed by atoms with E-state index in [0.29, 0.717) is 28.3 Å². The number of carbonyl (C=O) groups excluding carboxylic acids is 2. The second-order valence-electron chi connectivity index (χ2n) is 7.58. The fraction of sp³-hybridized carbons (Fsp3) is 0.154. The minimum atomic E-state index is -0.441. The van der Waals surface area contributed by atoms with Crippen molar-refractivity contribution >= 4 is 28.8 Å². The number of amides is 2. The Balaban J connectivity index is 1.84. The van der Waals surface area contributed by atoms with Crippen LogP contribution in [0.1, 0.15) is 16.7 Å². The molecule has 0 saturated heterocycles. The molecule has 0 fully saturated rings. The minimum absolute atomic E-state index is 0.231. The summed E-state index contributed by atoms with van der Waals surface area (Å²) in [5.74, 6) is 0.113. The van der Waals surface area contributed by atoms with Gasteiger partial charge in [0.1, 0.15) is 17.2 Å². The first-order valence-corrected chi connectivity index (χ1v) is 10.2. The molecule has 1 aliphatic rings. The normalized spacial score (nSPS) is 13.6. The molecule has 1 heterocycles. The van der Waals surface area contributed by atoms with Gasteiger partial charge >= 0.3 is 0 Å². The molecule has 0 radical (unpaired) electrons. The highest BCUT2D eigenvalue weighted by Gasteiger charge is 2.40. The summed E-state index contributed by atoms with van der Waals surface area (Å²) in [5.41, 5.74) is 4.45. The number of benzene rings is 3. The van der Waals surface area contributed by atoms with Gasteiger partial charge in [-0.2, -0.15) is 0 Å². The number of aryl methyl sites for hydroxylation is 2. The fourth-order valence-corrected chi connectivity index (χ4v) is 3.76. The Kier molecular flexibility index (Phi) is 5.69. The van der Waals surface area contributed by atoms with Crippen molar-refractivity contribution in [3.05, 3.63) is 89.1 Å². The van der Waals surface area contributed by atoms with Crippen molar-refractivity contribution in [2.75, 3.05) is 24.4 Å². The SMILES string of the molecule is COc1cc(OC)cc(N2C(=O)C(Nc3ccc(C)cc3C)=C(c3ccccc3)C2=O)c1. The van der Waals surface area contributed by atoms with E-state index in [0.717, 1.165) is 21.7 Å². The lowest BCUT2D eigenvalue weighted by atomic mass is 10.0. The minimum Gasteiger partial charge on any atom is -0.497 e.